The number of rotatable bonds is 3. The van der Waals surface area contributed by atoms with Crippen LogP contribution in [0.25, 0.3) is 0 Å². The number of alkyl halides is 3. The number of halogens is 5. The molecule has 3 nitrogen and oxygen atoms in total. The minimum atomic E-state index is -4.65. The molecule has 2 rings (SSSR count). The van der Waals surface area contributed by atoms with E-state index in [1.54, 1.807) is 0 Å². The summed E-state index contributed by atoms with van der Waals surface area (Å²) in [5, 5.41) is 0. The monoisotopic (exact) mass is 351 g/mol. The molecule has 2 aromatic rings. The summed E-state index contributed by atoms with van der Waals surface area (Å²) >= 11 is 0. The number of aryl methyl sites for hydroxylation is 1. The lowest BCUT2D eigenvalue weighted by Gasteiger charge is -2.13. The Bertz CT molecular complexity index is 847. The quantitative estimate of drug-likeness (QED) is 0.847. The van der Waals surface area contributed by atoms with E-state index in [4.69, 9.17) is 0 Å². The lowest BCUT2D eigenvalue weighted by molar-refractivity contribution is -0.138. The number of hydrogen-bond donors (Lipinski definition) is 1. The molecule has 0 aliphatic carbocycles. The molecule has 1 N–H and O–H groups in total. The van der Waals surface area contributed by atoms with Crippen molar-refractivity contribution in [2.75, 3.05) is 4.72 Å². The van der Waals surface area contributed by atoms with Gasteiger partial charge in [0.2, 0.25) is 0 Å². The fourth-order valence-corrected chi connectivity index (χ4v) is 2.91. The first-order valence-electron chi connectivity index (χ1n) is 6.16. The van der Waals surface area contributed by atoms with Crippen molar-refractivity contribution in [3.63, 3.8) is 0 Å². The Labute approximate surface area is 128 Å². The van der Waals surface area contributed by atoms with Gasteiger partial charge in [-0.1, -0.05) is 6.07 Å². The van der Waals surface area contributed by atoms with E-state index in [2.05, 4.69) is 0 Å². The molecule has 124 valence electrons. The van der Waals surface area contributed by atoms with Crippen molar-refractivity contribution >= 4 is 15.7 Å². The highest BCUT2D eigenvalue weighted by Gasteiger charge is 2.32. The summed E-state index contributed by atoms with van der Waals surface area (Å²) in [6.07, 6.45) is -4.65. The summed E-state index contributed by atoms with van der Waals surface area (Å²) < 4.78 is 90.3. The molecule has 23 heavy (non-hydrogen) atoms. The molecular weight excluding hydrogens is 341 g/mol. The van der Waals surface area contributed by atoms with Crippen molar-refractivity contribution in [3.8, 4) is 0 Å². The molecule has 0 aliphatic heterocycles. The summed E-state index contributed by atoms with van der Waals surface area (Å²) in [6.45, 7) is 1.23. The molecule has 0 saturated carbocycles. The summed E-state index contributed by atoms with van der Waals surface area (Å²) in [5.74, 6) is -2.62. The molecule has 0 aliphatic rings. The first-order chi connectivity index (χ1) is 10.5. The van der Waals surface area contributed by atoms with Crippen LogP contribution in [0.3, 0.4) is 0 Å². The minimum Gasteiger partial charge on any atom is -0.280 e. The van der Waals surface area contributed by atoms with E-state index in [1.807, 2.05) is 4.72 Å². The Kier molecular flexibility index (Phi) is 4.34. The molecule has 0 radical (unpaired) electrons. The van der Waals surface area contributed by atoms with Crippen LogP contribution in [0.4, 0.5) is 27.6 Å². The third kappa shape index (κ3) is 3.79. The summed E-state index contributed by atoms with van der Waals surface area (Å²) in [5.41, 5.74) is -1.41. The van der Waals surface area contributed by atoms with E-state index in [0.717, 1.165) is 18.2 Å². The summed E-state index contributed by atoms with van der Waals surface area (Å²) in [7, 11) is -4.35. The van der Waals surface area contributed by atoms with Gasteiger partial charge in [-0.05, 0) is 42.8 Å². The van der Waals surface area contributed by atoms with Gasteiger partial charge in [0.25, 0.3) is 10.0 Å². The van der Waals surface area contributed by atoms with Crippen LogP contribution in [0.5, 0.6) is 0 Å². The van der Waals surface area contributed by atoms with Crippen molar-refractivity contribution in [1.82, 2.24) is 0 Å². The third-order valence-corrected chi connectivity index (χ3v) is 4.38. The first kappa shape index (κ1) is 17.2. The van der Waals surface area contributed by atoms with E-state index in [0.29, 0.717) is 18.2 Å². The molecular formula is C14H10F5NO2S. The van der Waals surface area contributed by atoms with Crippen LogP contribution < -0.4 is 4.72 Å². The second-order valence-electron chi connectivity index (χ2n) is 4.71. The zero-order valence-electron chi connectivity index (χ0n) is 11.6. The van der Waals surface area contributed by atoms with Crippen LogP contribution in [-0.2, 0) is 16.2 Å². The SMILES string of the molecule is Cc1ccc(NS(=O)(=O)c2ccc(F)c(F)c2)cc1C(F)(F)F. The second kappa shape index (κ2) is 5.80. The number of benzene rings is 2. The van der Waals surface area contributed by atoms with Crippen LogP contribution in [0.2, 0.25) is 0 Å². The molecule has 0 bridgehead atoms. The number of anilines is 1. The van der Waals surface area contributed by atoms with Gasteiger partial charge in [0.05, 0.1) is 10.5 Å². The van der Waals surface area contributed by atoms with Gasteiger partial charge < -0.3 is 0 Å². The highest BCUT2D eigenvalue weighted by Crippen LogP contribution is 2.33. The van der Waals surface area contributed by atoms with Crippen LogP contribution in [-0.4, -0.2) is 8.42 Å². The molecule has 0 atom stereocenters. The Morgan fingerprint density at radius 2 is 1.61 bits per heavy atom. The number of hydrogen-bond acceptors (Lipinski definition) is 2. The highest BCUT2D eigenvalue weighted by atomic mass is 32.2. The fraction of sp³-hybridized carbons (Fsp3) is 0.143. The van der Waals surface area contributed by atoms with Gasteiger partial charge in [-0.2, -0.15) is 13.2 Å². The third-order valence-electron chi connectivity index (χ3n) is 3.00. The molecule has 0 saturated heterocycles. The van der Waals surface area contributed by atoms with Crippen LogP contribution in [0.1, 0.15) is 11.1 Å². The van der Waals surface area contributed by atoms with Gasteiger partial charge in [0.15, 0.2) is 11.6 Å². The van der Waals surface area contributed by atoms with E-state index in [1.165, 1.54) is 6.92 Å². The normalized spacial score (nSPS) is 12.3. The minimum absolute atomic E-state index is 0.0757. The lowest BCUT2D eigenvalue weighted by Crippen LogP contribution is -2.15. The maximum atomic E-state index is 13.1. The average molecular weight is 351 g/mol. The summed E-state index contributed by atoms with van der Waals surface area (Å²) in [6, 6.07) is 4.73. The Morgan fingerprint density at radius 3 is 2.17 bits per heavy atom. The zero-order valence-corrected chi connectivity index (χ0v) is 12.4. The van der Waals surface area contributed by atoms with Gasteiger partial charge in [0.1, 0.15) is 0 Å². The van der Waals surface area contributed by atoms with Crippen LogP contribution in [0, 0.1) is 18.6 Å². The number of nitrogens with one attached hydrogen (secondary N) is 1. The average Bonchev–Trinajstić information content (AvgIpc) is 2.42. The zero-order chi connectivity index (χ0) is 17.4. The molecule has 0 unspecified atom stereocenters. The van der Waals surface area contributed by atoms with Gasteiger partial charge >= 0.3 is 6.18 Å². The Morgan fingerprint density at radius 1 is 0.957 bits per heavy atom. The molecule has 0 aromatic heterocycles. The first-order valence-corrected chi connectivity index (χ1v) is 7.65. The molecule has 9 heteroatoms. The predicted molar refractivity (Wildman–Crippen MR) is 73.3 cm³/mol. The Hall–Kier alpha value is -2.16. The molecule has 0 heterocycles. The van der Waals surface area contributed by atoms with E-state index in [9.17, 15) is 30.4 Å². The van der Waals surface area contributed by atoms with Crippen LogP contribution >= 0.6 is 0 Å². The van der Waals surface area contributed by atoms with Gasteiger partial charge in [-0.25, -0.2) is 17.2 Å². The highest BCUT2D eigenvalue weighted by molar-refractivity contribution is 7.92. The van der Waals surface area contributed by atoms with Crippen molar-refractivity contribution < 1.29 is 30.4 Å². The largest absolute Gasteiger partial charge is 0.416 e. The van der Waals surface area contributed by atoms with E-state index in [-0.39, 0.29) is 11.3 Å². The molecule has 0 spiro atoms. The van der Waals surface area contributed by atoms with Crippen LogP contribution in [0.15, 0.2) is 41.3 Å². The van der Waals surface area contributed by atoms with E-state index >= 15 is 0 Å². The topological polar surface area (TPSA) is 46.2 Å². The van der Waals surface area contributed by atoms with Gasteiger partial charge in [0, 0.05) is 5.69 Å². The van der Waals surface area contributed by atoms with Crippen molar-refractivity contribution in [3.05, 3.63) is 59.2 Å². The number of sulfonamides is 1. The lowest BCUT2D eigenvalue weighted by atomic mass is 10.1. The van der Waals surface area contributed by atoms with E-state index < -0.39 is 38.3 Å². The Balaban J connectivity index is 2.39. The van der Waals surface area contributed by atoms with Crippen molar-refractivity contribution in [2.45, 2.75) is 18.0 Å². The summed E-state index contributed by atoms with van der Waals surface area (Å²) in [4.78, 5) is -0.606. The smallest absolute Gasteiger partial charge is 0.280 e. The molecule has 2 aromatic carbocycles. The van der Waals surface area contributed by atoms with Crippen molar-refractivity contribution in [1.29, 1.82) is 0 Å². The van der Waals surface area contributed by atoms with Gasteiger partial charge in [-0.3, -0.25) is 4.72 Å². The molecule has 0 fully saturated rings. The predicted octanol–water partition coefficient (Wildman–Crippen LogP) is 4.09. The standard InChI is InChI=1S/C14H10F5NO2S/c1-8-2-3-9(6-11(8)14(17,18)19)20-23(21,22)10-4-5-12(15)13(16)7-10/h2-7,20H,1H3. The fourth-order valence-electron chi connectivity index (χ4n) is 1.85. The maximum absolute atomic E-state index is 13.1. The molecule has 0 amide bonds. The van der Waals surface area contributed by atoms with Crippen molar-refractivity contribution in [2.24, 2.45) is 0 Å². The second-order valence-corrected chi connectivity index (χ2v) is 6.39. The maximum Gasteiger partial charge on any atom is 0.416 e. The van der Waals surface area contributed by atoms with Gasteiger partial charge in [-0.15, -0.1) is 0 Å².